The summed E-state index contributed by atoms with van der Waals surface area (Å²) in [4.78, 5) is 23.3. The minimum atomic E-state index is -1.06. The monoisotopic (exact) mass is 281 g/mol. The third-order valence-electron chi connectivity index (χ3n) is 2.46. The second-order valence-electron chi connectivity index (χ2n) is 3.66. The molecule has 2 N–H and O–H groups in total. The van der Waals surface area contributed by atoms with Crippen molar-refractivity contribution in [3.05, 3.63) is 22.7 Å². The summed E-state index contributed by atoms with van der Waals surface area (Å²) in [6, 6.07) is 0.786. The van der Waals surface area contributed by atoms with E-state index in [1.807, 2.05) is 0 Å². The molecule has 8 nitrogen and oxygen atoms in total. The summed E-state index contributed by atoms with van der Waals surface area (Å²) in [5, 5.41) is 23.8. The molecule has 1 amide bonds. The van der Waals surface area contributed by atoms with Crippen LogP contribution < -0.4 is 5.32 Å². The van der Waals surface area contributed by atoms with Gasteiger partial charge in [-0.25, -0.2) is 4.79 Å². The fraction of sp³-hybridized carbons (Fsp3) is 0.300. The maximum atomic E-state index is 12.0. The van der Waals surface area contributed by atoms with E-state index in [1.54, 1.807) is 18.4 Å². The Hall–Kier alpha value is -2.29. The largest absolute Gasteiger partial charge is 0.480 e. The number of carboxylic acid groups (broad SMARTS) is 1. The van der Waals surface area contributed by atoms with Crippen molar-refractivity contribution >= 4 is 23.2 Å². The molecule has 0 aliphatic carbocycles. The number of hydrogen-bond donors (Lipinski definition) is 2. The van der Waals surface area contributed by atoms with E-state index in [0.717, 1.165) is 0 Å². The number of carbonyl (C=O) groups excluding carboxylic acids is 1. The molecule has 0 saturated carbocycles. The minimum absolute atomic E-state index is 0.312. The van der Waals surface area contributed by atoms with Crippen LogP contribution in [0.3, 0.4) is 0 Å². The molecule has 100 valence electrons. The zero-order chi connectivity index (χ0) is 13.8. The van der Waals surface area contributed by atoms with Gasteiger partial charge in [-0.3, -0.25) is 4.79 Å². The van der Waals surface area contributed by atoms with Crippen molar-refractivity contribution < 1.29 is 14.7 Å². The van der Waals surface area contributed by atoms with E-state index in [1.165, 1.54) is 22.3 Å². The SMILES string of the molecule is CCC(NC(=O)c1sccc1-n1cnnn1)C(=O)O. The predicted octanol–water partition coefficient (Wildman–Crippen LogP) is 0.317. The Kier molecular flexibility index (Phi) is 3.85. The van der Waals surface area contributed by atoms with Gasteiger partial charge in [-0.2, -0.15) is 4.68 Å². The number of tetrazole rings is 1. The van der Waals surface area contributed by atoms with Crippen molar-refractivity contribution in [2.24, 2.45) is 0 Å². The summed E-state index contributed by atoms with van der Waals surface area (Å²) >= 11 is 1.20. The van der Waals surface area contributed by atoms with Gasteiger partial charge in [0.25, 0.3) is 5.91 Å². The summed E-state index contributed by atoms with van der Waals surface area (Å²) in [7, 11) is 0. The number of nitrogens with zero attached hydrogens (tertiary/aromatic N) is 4. The van der Waals surface area contributed by atoms with E-state index in [0.29, 0.717) is 17.0 Å². The Balaban J connectivity index is 2.21. The fourth-order valence-electron chi connectivity index (χ4n) is 1.49. The Bertz CT molecular complexity index is 580. The number of aromatic nitrogens is 4. The van der Waals surface area contributed by atoms with Crippen LogP contribution in [0.15, 0.2) is 17.8 Å². The maximum absolute atomic E-state index is 12.0. The Morgan fingerprint density at radius 2 is 2.37 bits per heavy atom. The molecule has 0 bridgehead atoms. The molecule has 2 rings (SSSR count). The van der Waals surface area contributed by atoms with Gasteiger partial charge in [0.1, 0.15) is 17.2 Å². The van der Waals surface area contributed by atoms with E-state index in [-0.39, 0.29) is 0 Å². The standard InChI is InChI=1S/C10H11N5O3S/c1-2-6(10(17)18)12-9(16)8-7(3-4-19-8)15-5-11-13-14-15/h3-6H,2H2,1H3,(H,12,16)(H,17,18). The highest BCUT2D eigenvalue weighted by Gasteiger charge is 2.22. The third kappa shape index (κ3) is 2.76. The molecule has 1 atom stereocenters. The molecular formula is C10H11N5O3S. The normalized spacial score (nSPS) is 12.1. The lowest BCUT2D eigenvalue weighted by Crippen LogP contribution is -2.40. The van der Waals surface area contributed by atoms with Gasteiger partial charge in [-0.1, -0.05) is 6.92 Å². The van der Waals surface area contributed by atoms with Gasteiger partial charge in [0.05, 0.1) is 5.69 Å². The molecule has 0 spiro atoms. The van der Waals surface area contributed by atoms with Crippen LogP contribution in [0.2, 0.25) is 0 Å². The highest BCUT2D eigenvalue weighted by atomic mass is 32.1. The number of hydrogen-bond acceptors (Lipinski definition) is 6. The van der Waals surface area contributed by atoms with E-state index in [2.05, 4.69) is 20.8 Å². The van der Waals surface area contributed by atoms with E-state index < -0.39 is 17.9 Å². The summed E-state index contributed by atoms with van der Waals surface area (Å²) in [6.07, 6.45) is 1.68. The van der Waals surface area contributed by atoms with Crippen molar-refractivity contribution in [3.8, 4) is 5.69 Å². The van der Waals surface area contributed by atoms with Crippen LogP contribution in [-0.4, -0.2) is 43.2 Å². The molecule has 19 heavy (non-hydrogen) atoms. The number of aliphatic carboxylic acids is 1. The van der Waals surface area contributed by atoms with Crippen LogP contribution in [0.1, 0.15) is 23.0 Å². The van der Waals surface area contributed by atoms with Gasteiger partial charge >= 0.3 is 5.97 Å². The number of rotatable bonds is 5. The van der Waals surface area contributed by atoms with Crippen LogP contribution in [-0.2, 0) is 4.79 Å². The van der Waals surface area contributed by atoms with Crippen molar-refractivity contribution in [2.75, 3.05) is 0 Å². The second kappa shape index (κ2) is 5.57. The number of carbonyl (C=O) groups is 2. The first kappa shape index (κ1) is 13.1. The van der Waals surface area contributed by atoms with E-state index >= 15 is 0 Å². The Morgan fingerprint density at radius 1 is 1.58 bits per heavy atom. The summed E-state index contributed by atoms with van der Waals surface area (Å²) in [6.45, 7) is 1.69. The van der Waals surface area contributed by atoms with Gasteiger partial charge in [0.2, 0.25) is 0 Å². The highest BCUT2D eigenvalue weighted by Crippen LogP contribution is 2.20. The minimum Gasteiger partial charge on any atom is -0.480 e. The van der Waals surface area contributed by atoms with Gasteiger partial charge in [0, 0.05) is 0 Å². The first-order valence-corrected chi connectivity index (χ1v) is 6.36. The van der Waals surface area contributed by atoms with Crippen LogP contribution in [0, 0.1) is 0 Å². The quantitative estimate of drug-likeness (QED) is 0.816. The van der Waals surface area contributed by atoms with E-state index in [9.17, 15) is 9.59 Å². The second-order valence-corrected chi connectivity index (χ2v) is 4.58. The topological polar surface area (TPSA) is 110 Å². The molecule has 0 radical (unpaired) electrons. The summed E-state index contributed by atoms with van der Waals surface area (Å²) in [5.41, 5.74) is 0.521. The molecule has 2 aromatic heterocycles. The van der Waals surface area contributed by atoms with Crippen molar-refractivity contribution in [2.45, 2.75) is 19.4 Å². The Labute approximate surface area is 112 Å². The zero-order valence-electron chi connectivity index (χ0n) is 9.98. The molecule has 0 aromatic carbocycles. The maximum Gasteiger partial charge on any atom is 0.326 e. The molecule has 1 unspecified atom stereocenters. The number of amides is 1. The predicted molar refractivity (Wildman–Crippen MR) is 66.2 cm³/mol. The molecule has 0 fully saturated rings. The zero-order valence-corrected chi connectivity index (χ0v) is 10.8. The molecule has 0 aliphatic heterocycles. The first-order valence-electron chi connectivity index (χ1n) is 5.48. The average molecular weight is 281 g/mol. The van der Waals surface area contributed by atoms with Gasteiger partial charge < -0.3 is 10.4 Å². The summed E-state index contributed by atoms with van der Waals surface area (Å²) in [5.74, 6) is -1.51. The average Bonchev–Trinajstić information content (AvgIpc) is 3.03. The lowest BCUT2D eigenvalue weighted by atomic mass is 10.2. The smallest absolute Gasteiger partial charge is 0.326 e. The van der Waals surface area contributed by atoms with Crippen LogP contribution >= 0.6 is 11.3 Å². The summed E-state index contributed by atoms with van der Waals surface area (Å²) < 4.78 is 1.35. The Morgan fingerprint density at radius 3 is 2.95 bits per heavy atom. The first-order chi connectivity index (χ1) is 9.13. The van der Waals surface area contributed by atoms with Gasteiger partial charge in [-0.15, -0.1) is 16.4 Å². The van der Waals surface area contributed by atoms with Crippen LogP contribution in [0.5, 0.6) is 0 Å². The molecular weight excluding hydrogens is 270 g/mol. The lowest BCUT2D eigenvalue weighted by molar-refractivity contribution is -0.139. The van der Waals surface area contributed by atoms with Gasteiger partial charge in [-0.05, 0) is 28.3 Å². The van der Waals surface area contributed by atoms with Crippen LogP contribution in [0.25, 0.3) is 5.69 Å². The fourth-order valence-corrected chi connectivity index (χ4v) is 2.27. The number of carboxylic acids is 1. The molecule has 9 heteroatoms. The highest BCUT2D eigenvalue weighted by molar-refractivity contribution is 7.12. The van der Waals surface area contributed by atoms with Crippen molar-refractivity contribution in [1.82, 2.24) is 25.5 Å². The molecule has 2 heterocycles. The third-order valence-corrected chi connectivity index (χ3v) is 3.36. The van der Waals surface area contributed by atoms with E-state index in [4.69, 9.17) is 5.11 Å². The van der Waals surface area contributed by atoms with Crippen molar-refractivity contribution in [3.63, 3.8) is 0 Å². The molecule has 0 saturated heterocycles. The molecule has 0 aliphatic rings. The lowest BCUT2D eigenvalue weighted by Gasteiger charge is -2.11. The molecule has 2 aromatic rings. The van der Waals surface area contributed by atoms with Crippen molar-refractivity contribution in [1.29, 1.82) is 0 Å². The van der Waals surface area contributed by atoms with Crippen LogP contribution in [0.4, 0.5) is 0 Å². The number of nitrogens with one attached hydrogen (secondary N) is 1. The number of thiophene rings is 1. The van der Waals surface area contributed by atoms with Gasteiger partial charge in [0.15, 0.2) is 0 Å².